The molecule has 0 aromatic rings. The highest BCUT2D eigenvalue weighted by molar-refractivity contribution is 5.92. The number of ketones is 1. The fourth-order valence-corrected chi connectivity index (χ4v) is 3.35. The fraction of sp³-hybridized carbons (Fsp3) is 0.909. The van der Waals surface area contributed by atoms with Crippen LogP contribution >= 0.6 is 0 Å². The first-order chi connectivity index (χ1) is 5.56. The molecule has 66 valence electrons. The molecule has 0 heterocycles. The summed E-state index contributed by atoms with van der Waals surface area (Å²) in [5.41, 5.74) is 0.577. The summed E-state index contributed by atoms with van der Waals surface area (Å²) in [6.45, 7) is 4.55. The van der Waals surface area contributed by atoms with Gasteiger partial charge >= 0.3 is 0 Å². The molecule has 4 rings (SSSR count). The second kappa shape index (κ2) is 1.64. The van der Waals surface area contributed by atoms with Crippen LogP contribution in [-0.4, -0.2) is 5.78 Å². The second-order valence-electron chi connectivity index (χ2n) is 5.66. The molecule has 4 fully saturated rings. The van der Waals surface area contributed by atoms with E-state index in [1.54, 1.807) is 0 Å². The lowest BCUT2D eigenvalue weighted by atomic mass is 9.45. The minimum absolute atomic E-state index is 0.225. The summed E-state index contributed by atoms with van der Waals surface area (Å²) in [4.78, 5) is 12.0. The molecule has 12 heavy (non-hydrogen) atoms. The van der Waals surface area contributed by atoms with Crippen LogP contribution in [0.2, 0.25) is 0 Å². The molecule has 0 saturated heterocycles. The molecule has 1 heteroatoms. The molecule has 2 unspecified atom stereocenters. The summed E-state index contributed by atoms with van der Waals surface area (Å²) in [6.07, 6.45) is 4.83. The fourth-order valence-electron chi connectivity index (χ4n) is 3.35. The molecule has 2 bridgehead atoms. The maximum absolute atomic E-state index is 12.0. The van der Waals surface area contributed by atoms with E-state index in [0.717, 1.165) is 5.92 Å². The molecular weight excluding hydrogens is 148 g/mol. The Hall–Kier alpha value is -0.330. The van der Waals surface area contributed by atoms with Gasteiger partial charge in [0.25, 0.3) is 0 Å². The molecule has 0 aromatic carbocycles. The Kier molecular flexibility index (Phi) is 0.971. The molecule has 4 saturated carbocycles. The van der Waals surface area contributed by atoms with Crippen LogP contribution in [0.5, 0.6) is 0 Å². The number of carbonyl (C=O) groups is 1. The van der Waals surface area contributed by atoms with E-state index in [1.165, 1.54) is 25.7 Å². The maximum atomic E-state index is 12.0. The molecule has 0 radical (unpaired) electrons. The number of hydrogen-bond acceptors (Lipinski definition) is 1. The Labute approximate surface area is 73.5 Å². The minimum atomic E-state index is 0.225. The Morgan fingerprint density at radius 3 is 2.42 bits per heavy atom. The van der Waals surface area contributed by atoms with E-state index in [9.17, 15) is 4.79 Å². The first-order valence-electron chi connectivity index (χ1n) is 5.11. The highest BCUT2D eigenvalue weighted by atomic mass is 16.1. The van der Waals surface area contributed by atoms with Crippen molar-refractivity contribution in [1.29, 1.82) is 0 Å². The molecule has 0 N–H and O–H groups in total. The third kappa shape index (κ3) is 0.571. The summed E-state index contributed by atoms with van der Waals surface area (Å²) in [5, 5.41) is 0. The van der Waals surface area contributed by atoms with Crippen LogP contribution < -0.4 is 0 Å². The third-order valence-electron chi connectivity index (χ3n) is 4.80. The molecule has 4 aliphatic rings. The first kappa shape index (κ1) is 7.11. The average Bonchev–Trinajstić information content (AvgIpc) is 2.75. The predicted octanol–water partition coefficient (Wildman–Crippen LogP) is 2.40. The van der Waals surface area contributed by atoms with Crippen LogP contribution in [0.4, 0.5) is 0 Å². The van der Waals surface area contributed by atoms with Crippen molar-refractivity contribution in [1.82, 2.24) is 0 Å². The van der Waals surface area contributed by atoms with E-state index in [0.29, 0.717) is 17.1 Å². The maximum Gasteiger partial charge on any atom is 0.142 e. The Morgan fingerprint density at radius 1 is 1.33 bits per heavy atom. The lowest BCUT2D eigenvalue weighted by Gasteiger charge is -2.58. The quantitative estimate of drug-likeness (QED) is 0.537. The predicted molar refractivity (Wildman–Crippen MR) is 46.7 cm³/mol. The van der Waals surface area contributed by atoms with Gasteiger partial charge in [0.15, 0.2) is 0 Å². The van der Waals surface area contributed by atoms with Gasteiger partial charge in [-0.05, 0) is 37.0 Å². The van der Waals surface area contributed by atoms with Gasteiger partial charge in [0, 0.05) is 11.3 Å². The lowest BCUT2D eigenvalue weighted by Crippen LogP contribution is -2.57. The van der Waals surface area contributed by atoms with Gasteiger partial charge < -0.3 is 0 Å². The van der Waals surface area contributed by atoms with Gasteiger partial charge in [-0.2, -0.15) is 0 Å². The van der Waals surface area contributed by atoms with Gasteiger partial charge in [0.1, 0.15) is 5.78 Å². The van der Waals surface area contributed by atoms with Crippen molar-refractivity contribution in [2.75, 3.05) is 0 Å². The average molecular weight is 164 g/mol. The summed E-state index contributed by atoms with van der Waals surface area (Å²) >= 11 is 0. The van der Waals surface area contributed by atoms with Crippen LogP contribution in [0.1, 0.15) is 39.5 Å². The van der Waals surface area contributed by atoms with Gasteiger partial charge in [-0.3, -0.25) is 4.79 Å². The first-order valence-corrected chi connectivity index (χ1v) is 5.11. The van der Waals surface area contributed by atoms with Gasteiger partial charge in [-0.1, -0.05) is 13.8 Å². The Bertz CT molecular complexity index is 260. The molecule has 1 nitrogen and oxygen atoms in total. The van der Waals surface area contributed by atoms with E-state index in [1.807, 2.05) is 0 Å². The smallest absolute Gasteiger partial charge is 0.142 e. The van der Waals surface area contributed by atoms with Gasteiger partial charge in [0.2, 0.25) is 0 Å². The highest BCUT2D eigenvalue weighted by Gasteiger charge is 2.66. The van der Waals surface area contributed by atoms with Gasteiger partial charge in [-0.25, -0.2) is 0 Å². The molecule has 0 amide bonds. The molecule has 0 aliphatic heterocycles. The summed E-state index contributed by atoms with van der Waals surface area (Å²) in [7, 11) is 0. The van der Waals surface area contributed by atoms with E-state index in [4.69, 9.17) is 0 Å². The third-order valence-corrected chi connectivity index (χ3v) is 4.80. The van der Waals surface area contributed by atoms with Crippen molar-refractivity contribution >= 4 is 5.78 Å². The van der Waals surface area contributed by atoms with E-state index < -0.39 is 0 Å². The monoisotopic (exact) mass is 164 g/mol. The van der Waals surface area contributed by atoms with Gasteiger partial charge in [0.05, 0.1) is 0 Å². The van der Waals surface area contributed by atoms with Crippen LogP contribution in [0.25, 0.3) is 0 Å². The van der Waals surface area contributed by atoms with Crippen LogP contribution in [0.15, 0.2) is 0 Å². The lowest BCUT2D eigenvalue weighted by molar-refractivity contribution is -0.159. The molecule has 1 spiro atoms. The molecular formula is C11H16O. The summed E-state index contributed by atoms with van der Waals surface area (Å²) in [6, 6.07) is 0. The topological polar surface area (TPSA) is 17.1 Å². The normalized spacial score (nSPS) is 45.7. The number of rotatable bonds is 0. The summed E-state index contributed by atoms with van der Waals surface area (Å²) in [5.74, 6) is 1.91. The van der Waals surface area contributed by atoms with E-state index in [-0.39, 0.29) is 5.41 Å². The summed E-state index contributed by atoms with van der Waals surface area (Å²) < 4.78 is 0. The van der Waals surface area contributed by atoms with Crippen LogP contribution in [-0.2, 0) is 4.79 Å². The molecule has 0 aromatic heterocycles. The van der Waals surface area contributed by atoms with Crippen molar-refractivity contribution in [2.24, 2.45) is 22.7 Å². The van der Waals surface area contributed by atoms with E-state index >= 15 is 0 Å². The van der Waals surface area contributed by atoms with Crippen LogP contribution in [0, 0.1) is 22.7 Å². The Balaban J connectivity index is 1.96. The van der Waals surface area contributed by atoms with Crippen molar-refractivity contribution in [3.05, 3.63) is 0 Å². The number of carbonyl (C=O) groups excluding carboxylic acids is 1. The zero-order chi connectivity index (χ0) is 8.56. The Morgan fingerprint density at radius 2 is 2.00 bits per heavy atom. The van der Waals surface area contributed by atoms with Crippen molar-refractivity contribution in [2.45, 2.75) is 39.5 Å². The zero-order valence-electron chi connectivity index (χ0n) is 7.89. The number of hydrogen-bond donors (Lipinski definition) is 0. The zero-order valence-corrected chi connectivity index (χ0v) is 7.89. The van der Waals surface area contributed by atoms with Crippen molar-refractivity contribution in [3.63, 3.8) is 0 Å². The molecule has 4 aliphatic carbocycles. The standard InChI is InChI=1S/C11H16O/c1-10(2)7-5-8(10)9(12)11(6-7)3-4-11/h7-8H,3-6H2,1-2H3. The largest absolute Gasteiger partial charge is 0.299 e. The van der Waals surface area contributed by atoms with Gasteiger partial charge in [-0.15, -0.1) is 0 Å². The number of Topliss-reactive ketones (excluding diaryl/α,β-unsaturated/α-hetero) is 1. The minimum Gasteiger partial charge on any atom is -0.299 e. The van der Waals surface area contributed by atoms with Crippen LogP contribution in [0.3, 0.4) is 0 Å². The second-order valence-corrected chi connectivity index (χ2v) is 5.66. The van der Waals surface area contributed by atoms with E-state index in [2.05, 4.69) is 13.8 Å². The molecule has 2 atom stereocenters. The SMILES string of the molecule is CC1(C)C2CC1C(=O)C1(CC1)C2. The van der Waals surface area contributed by atoms with Crippen molar-refractivity contribution < 1.29 is 4.79 Å². The van der Waals surface area contributed by atoms with Crippen molar-refractivity contribution in [3.8, 4) is 0 Å². The highest BCUT2D eigenvalue weighted by Crippen LogP contribution is 2.69.